The molecule has 1 aromatic heterocycles. The van der Waals surface area contributed by atoms with Gasteiger partial charge in [0.2, 0.25) is 0 Å². The molecule has 10 nitrogen and oxygen atoms in total. The number of urea groups is 1. The van der Waals surface area contributed by atoms with Crippen LogP contribution in [0.2, 0.25) is 0 Å². The number of rotatable bonds is 8. The number of methoxy groups -OCH3 is 1. The van der Waals surface area contributed by atoms with E-state index >= 15 is 0 Å². The maximum absolute atomic E-state index is 11.7. The van der Waals surface area contributed by atoms with Crippen molar-refractivity contribution in [2.24, 2.45) is 0 Å². The first-order chi connectivity index (χ1) is 12.1. The Morgan fingerprint density at radius 2 is 1.96 bits per heavy atom. The minimum atomic E-state index is -0.423. The molecule has 0 fully saturated rings. The number of tetrazole rings is 1. The highest BCUT2D eigenvalue weighted by molar-refractivity contribution is 5.75. The largest absolute Gasteiger partial charge is 0.497 e. The zero-order valence-electron chi connectivity index (χ0n) is 14.1. The van der Waals surface area contributed by atoms with E-state index in [1.54, 1.807) is 38.3 Å². The smallest absolute Gasteiger partial charge is 0.315 e. The van der Waals surface area contributed by atoms with Gasteiger partial charge in [0.05, 0.1) is 32.4 Å². The minimum Gasteiger partial charge on any atom is -0.497 e. The lowest BCUT2D eigenvalue weighted by atomic mass is 10.3. The van der Waals surface area contributed by atoms with Gasteiger partial charge in [0.1, 0.15) is 5.75 Å². The predicted molar refractivity (Wildman–Crippen MR) is 87.2 cm³/mol. The van der Waals surface area contributed by atoms with Gasteiger partial charge in [-0.3, -0.25) is 4.79 Å². The van der Waals surface area contributed by atoms with Crippen LogP contribution in [0.1, 0.15) is 19.2 Å². The number of hydrogen-bond acceptors (Lipinski definition) is 7. The molecule has 0 saturated carbocycles. The molecule has 0 aliphatic heterocycles. The van der Waals surface area contributed by atoms with E-state index < -0.39 is 6.03 Å². The maximum Gasteiger partial charge on any atom is 0.315 e. The maximum atomic E-state index is 11.7. The summed E-state index contributed by atoms with van der Waals surface area (Å²) >= 11 is 0. The molecule has 0 radical (unpaired) electrons. The quantitative estimate of drug-likeness (QED) is 0.663. The average Bonchev–Trinajstić information content (AvgIpc) is 3.09. The van der Waals surface area contributed by atoms with Crippen LogP contribution in [0.5, 0.6) is 5.75 Å². The van der Waals surface area contributed by atoms with Crippen molar-refractivity contribution in [3.63, 3.8) is 0 Å². The van der Waals surface area contributed by atoms with Crippen molar-refractivity contribution >= 4 is 12.0 Å². The van der Waals surface area contributed by atoms with Gasteiger partial charge < -0.3 is 20.1 Å². The first kappa shape index (κ1) is 18.2. The van der Waals surface area contributed by atoms with E-state index in [1.807, 2.05) is 0 Å². The van der Waals surface area contributed by atoms with Crippen molar-refractivity contribution in [2.45, 2.75) is 19.9 Å². The standard InChI is InChI=1S/C15H20N6O4/c1-3-25-14(22)8-9-16-15(23)17-10-13-18-19-20-21(13)11-4-6-12(24-2)7-5-11/h4-7H,3,8-10H2,1-2H3,(H2,16,17,23). The second-order valence-corrected chi connectivity index (χ2v) is 4.87. The van der Waals surface area contributed by atoms with Gasteiger partial charge in [-0.1, -0.05) is 0 Å². The monoisotopic (exact) mass is 348 g/mol. The van der Waals surface area contributed by atoms with E-state index in [9.17, 15) is 9.59 Å². The van der Waals surface area contributed by atoms with Crippen molar-refractivity contribution in [1.29, 1.82) is 0 Å². The number of benzene rings is 1. The van der Waals surface area contributed by atoms with Crippen molar-refractivity contribution in [1.82, 2.24) is 30.8 Å². The molecule has 2 amide bonds. The third-order valence-electron chi connectivity index (χ3n) is 3.18. The fourth-order valence-electron chi connectivity index (χ4n) is 1.97. The Balaban J connectivity index is 1.84. The average molecular weight is 348 g/mol. The highest BCUT2D eigenvalue weighted by atomic mass is 16.5. The molecule has 134 valence electrons. The van der Waals surface area contributed by atoms with Crippen LogP contribution in [0.15, 0.2) is 24.3 Å². The molecular formula is C15H20N6O4. The summed E-state index contributed by atoms with van der Waals surface area (Å²) in [6.07, 6.45) is 0.116. The lowest BCUT2D eigenvalue weighted by Gasteiger charge is -2.08. The fraction of sp³-hybridized carbons (Fsp3) is 0.400. The zero-order valence-corrected chi connectivity index (χ0v) is 14.1. The zero-order chi connectivity index (χ0) is 18.1. The third kappa shape index (κ3) is 5.44. The predicted octanol–water partition coefficient (Wildman–Crippen LogP) is 0.423. The van der Waals surface area contributed by atoms with Gasteiger partial charge in [-0.2, -0.15) is 4.68 Å². The number of nitrogens with one attached hydrogen (secondary N) is 2. The van der Waals surface area contributed by atoms with E-state index in [1.165, 1.54) is 4.68 Å². The minimum absolute atomic E-state index is 0.116. The molecule has 2 aromatic rings. The van der Waals surface area contributed by atoms with E-state index in [0.717, 1.165) is 11.4 Å². The Morgan fingerprint density at radius 1 is 1.20 bits per heavy atom. The van der Waals surface area contributed by atoms with Crippen LogP contribution in [0.25, 0.3) is 5.69 Å². The Morgan fingerprint density at radius 3 is 2.64 bits per heavy atom. The molecule has 2 N–H and O–H groups in total. The van der Waals surface area contributed by atoms with Crippen LogP contribution in [-0.2, 0) is 16.1 Å². The summed E-state index contributed by atoms with van der Waals surface area (Å²) in [5.74, 6) is 0.828. The number of esters is 1. The molecule has 0 aliphatic carbocycles. The molecule has 1 aromatic carbocycles. The van der Waals surface area contributed by atoms with Crippen LogP contribution in [-0.4, -0.2) is 52.5 Å². The van der Waals surface area contributed by atoms with Crippen molar-refractivity contribution in [2.75, 3.05) is 20.3 Å². The van der Waals surface area contributed by atoms with Crippen molar-refractivity contribution in [3.05, 3.63) is 30.1 Å². The summed E-state index contributed by atoms with van der Waals surface area (Å²) in [6, 6.07) is 6.76. The van der Waals surface area contributed by atoms with E-state index in [-0.39, 0.29) is 25.5 Å². The molecule has 1 heterocycles. The number of aromatic nitrogens is 4. The Hall–Kier alpha value is -3.17. The van der Waals surface area contributed by atoms with Crippen LogP contribution in [0.4, 0.5) is 4.79 Å². The van der Waals surface area contributed by atoms with Gasteiger partial charge in [-0.15, -0.1) is 5.10 Å². The molecular weight excluding hydrogens is 328 g/mol. The van der Waals surface area contributed by atoms with Gasteiger partial charge in [0.15, 0.2) is 5.82 Å². The van der Waals surface area contributed by atoms with Gasteiger partial charge >= 0.3 is 12.0 Å². The molecule has 2 rings (SSSR count). The summed E-state index contributed by atoms with van der Waals surface area (Å²) in [6.45, 7) is 2.36. The van der Waals surface area contributed by atoms with Gasteiger partial charge in [0, 0.05) is 6.54 Å². The Kier molecular flexibility index (Phi) is 6.69. The highest BCUT2D eigenvalue weighted by Gasteiger charge is 2.10. The van der Waals surface area contributed by atoms with Gasteiger partial charge in [-0.25, -0.2) is 4.79 Å². The topological polar surface area (TPSA) is 120 Å². The molecule has 0 spiro atoms. The SMILES string of the molecule is CCOC(=O)CCNC(=O)NCc1nnnn1-c1ccc(OC)cc1. The molecule has 10 heteroatoms. The van der Waals surface area contributed by atoms with Crippen molar-refractivity contribution in [3.8, 4) is 11.4 Å². The molecule has 0 saturated heterocycles. The van der Waals surface area contributed by atoms with E-state index in [0.29, 0.717) is 12.4 Å². The van der Waals surface area contributed by atoms with Crippen LogP contribution in [0, 0.1) is 0 Å². The highest BCUT2D eigenvalue weighted by Crippen LogP contribution is 2.14. The first-order valence-corrected chi connectivity index (χ1v) is 7.73. The summed E-state index contributed by atoms with van der Waals surface area (Å²) < 4.78 is 11.4. The van der Waals surface area contributed by atoms with Crippen LogP contribution in [0.3, 0.4) is 0 Å². The van der Waals surface area contributed by atoms with Crippen LogP contribution < -0.4 is 15.4 Å². The summed E-state index contributed by atoms with van der Waals surface area (Å²) in [4.78, 5) is 22.9. The van der Waals surface area contributed by atoms with E-state index in [4.69, 9.17) is 9.47 Å². The number of hydrogen-bond donors (Lipinski definition) is 2. The Labute approximate surface area is 144 Å². The molecule has 0 aliphatic rings. The van der Waals surface area contributed by atoms with Gasteiger partial charge in [0.25, 0.3) is 0 Å². The summed E-state index contributed by atoms with van der Waals surface area (Å²) in [7, 11) is 1.59. The third-order valence-corrected chi connectivity index (χ3v) is 3.18. The molecule has 0 unspecified atom stereocenters. The van der Waals surface area contributed by atoms with E-state index in [2.05, 4.69) is 26.2 Å². The second-order valence-electron chi connectivity index (χ2n) is 4.87. The number of carbonyl (C=O) groups is 2. The number of ether oxygens (including phenoxy) is 2. The summed E-state index contributed by atoms with van der Waals surface area (Å²) in [5.41, 5.74) is 0.741. The number of carbonyl (C=O) groups excluding carboxylic acids is 2. The number of amides is 2. The molecule has 25 heavy (non-hydrogen) atoms. The lowest BCUT2D eigenvalue weighted by molar-refractivity contribution is -0.142. The summed E-state index contributed by atoms with van der Waals surface area (Å²) in [5, 5.41) is 16.6. The first-order valence-electron chi connectivity index (χ1n) is 7.73. The Bertz CT molecular complexity index is 700. The van der Waals surface area contributed by atoms with Gasteiger partial charge in [-0.05, 0) is 41.6 Å². The molecule has 0 bridgehead atoms. The lowest BCUT2D eigenvalue weighted by Crippen LogP contribution is -2.36. The second kappa shape index (κ2) is 9.21. The number of nitrogens with zero attached hydrogens (tertiary/aromatic N) is 4. The van der Waals surface area contributed by atoms with Crippen LogP contribution >= 0.6 is 0 Å². The molecule has 0 atom stereocenters. The normalized spacial score (nSPS) is 10.2. The fourth-order valence-corrected chi connectivity index (χ4v) is 1.97. The van der Waals surface area contributed by atoms with Crippen molar-refractivity contribution < 1.29 is 19.1 Å².